The van der Waals surface area contributed by atoms with Crippen molar-refractivity contribution in [1.82, 2.24) is 24.8 Å². The van der Waals surface area contributed by atoms with Crippen molar-refractivity contribution in [2.45, 2.75) is 6.92 Å². The standard InChI is InChI=1S/C15H11N5S/c1-10-4-2-5-11(8-10)13-17-18-15-20(13)19-14(21-15)12-6-3-7-16-9-12/h2-9H,1H3. The van der Waals surface area contributed by atoms with Crippen molar-refractivity contribution in [2.24, 2.45) is 0 Å². The summed E-state index contributed by atoms with van der Waals surface area (Å²) < 4.78 is 1.79. The molecule has 1 aromatic carbocycles. The first-order valence-corrected chi connectivity index (χ1v) is 7.32. The molecule has 0 N–H and O–H groups in total. The normalized spacial score (nSPS) is 11.1. The smallest absolute Gasteiger partial charge is 0.235 e. The molecular formula is C15H11N5S. The zero-order valence-corrected chi connectivity index (χ0v) is 12.1. The summed E-state index contributed by atoms with van der Waals surface area (Å²) in [7, 11) is 0. The van der Waals surface area contributed by atoms with E-state index in [0.29, 0.717) is 0 Å². The summed E-state index contributed by atoms with van der Waals surface area (Å²) >= 11 is 1.51. The molecule has 0 radical (unpaired) electrons. The Morgan fingerprint density at radius 3 is 2.76 bits per heavy atom. The van der Waals surface area contributed by atoms with Crippen LogP contribution in [0.15, 0.2) is 48.8 Å². The van der Waals surface area contributed by atoms with Crippen LogP contribution >= 0.6 is 11.3 Å². The largest absolute Gasteiger partial charge is 0.264 e. The number of aromatic nitrogens is 5. The van der Waals surface area contributed by atoms with Crippen LogP contribution in [0, 0.1) is 6.92 Å². The van der Waals surface area contributed by atoms with Crippen molar-refractivity contribution in [3.8, 4) is 22.0 Å². The Bertz CT molecular complexity index is 910. The highest BCUT2D eigenvalue weighted by Crippen LogP contribution is 2.27. The van der Waals surface area contributed by atoms with E-state index >= 15 is 0 Å². The van der Waals surface area contributed by atoms with Crippen molar-refractivity contribution in [3.05, 3.63) is 54.4 Å². The Kier molecular flexibility index (Phi) is 2.75. The quantitative estimate of drug-likeness (QED) is 0.569. The van der Waals surface area contributed by atoms with E-state index in [4.69, 9.17) is 0 Å². The van der Waals surface area contributed by atoms with Crippen molar-refractivity contribution in [1.29, 1.82) is 0 Å². The highest BCUT2D eigenvalue weighted by molar-refractivity contribution is 7.19. The number of rotatable bonds is 2. The molecule has 0 aliphatic carbocycles. The van der Waals surface area contributed by atoms with Crippen LogP contribution in [-0.4, -0.2) is 24.8 Å². The van der Waals surface area contributed by atoms with Gasteiger partial charge in [-0.3, -0.25) is 4.98 Å². The van der Waals surface area contributed by atoms with Crippen molar-refractivity contribution >= 4 is 16.3 Å². The Morgan fingerprint density at radius 1 is 1.05 bits per heavy atom. The van der Waals surface area contributed by atoms with Crippen LogP contribution in [0.25, 0.3) is 26.9 Å². The van der Waals surface area contributed by atoms with Gasteiger partial charge in [0.25, 0.3) is 0 Å². The maximum atomic E-state index is 4.62. The second-order valence-corrected chi connectivity index (χ2v) is 5.69. The number of nitrogens with zero attached hydrogens (tertiary/aromatic N) is 5. The summed E-state index contributed by atoms with van der Waals surface area (Å²) in [6.07, 6.45) is 3.56. The first kappa shape index (κ1) is 12.2. The molecular weight excluding hydrogens is 282 g/mol. The molecule has 0 saturated carbocycles. The van der Waals surface area contributed by atoms with Gasteiger partial charge in [0, 0.05) is 23.5 Å². The third kappa shape index (κ3) is 2.09. The average Bonchev–Trinajstić information content (AvgIpc) is 3.08. The lowest BCUT2D eigenvalue weighted by molar-refractivity contribution is 0.969. The van der Waals surface area contributed by atoms with E-state index in [-0.39, 0.29) is 0 Å². The van der Waals surface area contributed by atoms with Crippen LogP contribution in [0.1, 0.15) is 5.56 Å². The predicted octanol–water partition coefficient (Wildman–Crippen LogP) is 3.22. The average molecular weight is 293 g/mol. The molecule has 0 atom stereocenters. The molecule has 3 heterocycles. The van der Waals surface area contributed by atoms with E-state index in [1.165, 1.54) is 16.9 Å². The SMILES string of the molecule is Cc1cccc(-c2nnc3sc(-c4cccnc4)nn23)c1. The fraction of sp³-hybridized carbons (Fsp3) is 0.0667. The summed E-state index contributed by atoms with van der Waals surface area (Å²) in [5, 5.41) is 14.0. The molecule has 3 aromatic heterocycles. The lowest BCUT2D eigenvalue weighted by Crippen LogP contribution is -1.91. The Morgan fingerprint density at radius 2 is 1.95 bits per heavy atom. The summed E-state index contributed by atoms with van der Waals surface area (Å²) in [5.74, 6) is 0.764. The number of benzene rings is 1. The van der Waals surface area contributed by atoms with Gasteiger partial charge in [0.15, 0.2) is 5.82 Å². The van der Waals surface area contributed by atoms with Crippen molar-refractivity contribution in [2.75, 3.05) is 0 Å². The molecule has 6 heteroatoms. The molecule has 5 nitrogen and oxygen atoms in total. The van der Waals surface area contributed by atoms with E-state index in [1.54, 1.807) is 16.9 Å². The lowest BCUT2D eigenvalue weighted by Gasteiger charge is -1.98. The maximum absolute atomic E-state index is 4.62. The fourth-order valence-electron chi connectivity index (χ4n) is 2.19. The molecule has 0 aliphatic rings. The molecule has 0 saturated heterocycles. The Hall–Kier alpha value is -2.60. The molecule has 102 valence electrons. The molecule has 0 bridgehead atoms. The van der Waals surface area contributed by atoms with Crippen molar-refractivity contribution in [3.63, 3.8) is 0 Å². The number of fused-ring (bicyclic) bond motifs is 1. The topological polar surface area (TPSA) is 56.0 Å². The van der Waals surface area contributed by atoms with E-state index in [0.717, 1.165) is 26.9 Å². The number of pyridine rings is 1. The fourth-order valence-corrected chi connectivity index (χ4v) is 3.02. The van der Waals surface area contributed by atoms with Gasteiger partial charge in [0.2, 0.25) is 4.96 Å². The first-order valence-electron chi connectivity index (χ1n) is 6.51. The molecule has 0 unspecified atom stereocenters. The van der Waals surface area contributed by atoms with Crippen LogP contribution in [-0.2, 0) is 0 Å². The van der Waals surface area contributed by atoms with E-state index in [1.807, 2.05) is 24.3 Å². The summed E-state index contributed by atoms with van der Waals surface area (Å²) in [6.45, 7) is 2.06. The third-order valence-corrected chi connectivity index (χ3v) is 4.12. The first-order chi connectivity index (χ1) is 10.3. The molecule has 4 aromatic rings. The molecule has 0 amide bonds. The summed E-state index contributed by atoms with van der Waals surface area (Å²) in [6, 6.07) is 12.1. The molecule has 0 fully saturated rings. The zero-order chi connectivity index (χ0) is 14.2. The second kappa shape index (κ2) is 4.75. The second-order valence-electron chi connectivity index (χ2n) is 4.74. The number of aryl methyl sites for hydroxylation is 1. The van der Waals surface area contributed by atoms with E-state index in [2.05, 4.69) is 39.3 Å². The Labute approximate surface area is 124 Å². The van der Waals surface area contributed by atoms with E-state index < -0.39 is 0 Å². The van der Waals surface area contributed by atoms with Gasteiger partial charge in [-0.25, -0.2) is 0 Å². The maximum Gasteiger partial charge on any atom is 0.235 e. The van der Waals surface area contributed by atoms with Crippen LogP contribution < -0.4 is 0 Å². The minimum Gasteiger partial charge on any atom is -0.264 e. The lowest BCUT2D eigenvalue weighted by atomic mass is 10.1. The van der Waals surface area contributed by atoms with Gasteiger partial charge in [0.1, 0.15) is 5.01 Å². The minimum atomic E-state index is 0.764. The summed E-state index contributed by atoms with van der Waals surface area (Å²) in [5.41, 5.74) is 3.20. The van der Waals surface area contributed by atoms with Crippen LogP contribution in [0.3, 0.4) is 0 Å². The molecule has 4 rings (SSSR count). The van der Waals surface area contributed by atoms with Crippen LogP contribution in [0.2, 0.25) is 0 Å². The van der Waals surface area contributed by atoms with Gasteiger partial charge in [-0.15, -0.1) is 10.2 Å². The van der Waals surface area contributed by atoms with Gasteiger partial charge in [-0.2, -0.15) is 9.61 Å². The molecule has 21 heavy (non-hydrogen) atoms. The monoisotopic (exact) mass is 293 g/mol. The van der Waals surface area contributed by atoms with Crippen molar-refractivity contribution < 1.29 is 0 Å². The Balaban J connectivity index is 1.87. The van der Waals surface area contributed by atoms with Gasteiger partial charge in [0.05, 0.1) is 0 Å². The third-order valence-electron chi connectivity index (χ3n) is 3.18. The summed E-state index contributed by atoms with van der Waals surface area (Å²) in [4.78, 5) is 4.91. The van der Waals surface area contributed by atoms with Gasteiger partial charge in [-0.1, -0.05) is 35.1 Å². The van der Waals surface area contributed by atoms with Crippen LogP contribution in [0.5, 0.6) is 0 Å². The minimum absolute atomic E-state index is 0.764. The van der Waals surface area contributed by atoms with E-state index in [9.17, 15) is 0 Å². The number of hydrogen-bond donors (Lipinski definition) is 0. The zero-order valence-electron chi connectivity index (χ0n) is 11.3. The molecule has 0 aliphatic heterocycles. The highest BCUT2D eigenvalue weighted by atomic mass is 32.1. The molecule has 0 spiro atoms. The predicted molar refractivity (Wildman–Crippen MR) is 82.1 cm³/mol. The number of hydrogen-bond acceptors (Lipinski definition) is 5. The van der Waals surface area contributed by atoms with Gasteiger partial charge >= 0.3 is 0 Å². The highest BCUT2D eigenvalue weighted by Gasteiger charge is 2.14. The van der Waals surface area contributed by atoms with Crippen LogP contribution in [0.4, 0.5) is 0 Å². The van der Waals surface area contributed by atoms with Gasteiger partial charge in [-0.05, 0) is 25.1 Å². The van der Waals surface area contributed by atoms with Gasteiger partial charge < -0.3 is 0 Å².